The number of rotatable bonds is 6. The van der Waals surface area contributed by atoms with Gasteiger partial charge in [0, 0.05) is 6.20 Å². The molecular weight excluding hydrogens is 440 g/mol. The van der Waals surface area contributed by atoms with Gasteiger partial charge >= 0.3 is 6.09 Å². The third kappa shape index (κ3) is 5.72. The quantitative estimate of drug-likeness (QED) is 0.653. The molecule has 0 unspecified atom stereocenters. The van der Waals surface area contributed by atoms with Gasteiger partial charge in [0.2, 0.25) is 5.95 Å². The van der Waals surface area contributed by atoms with Gasteiger partial charge in [0.05, 0.1) is 26.8 Å². The van der Waals surface area contributed by atoms with Crippen molar-refractivity contribution < 1.29 is 19.0 Å². The van der Waals surface area contributed by atoms with Crippen LogP contribution in [0.4, 0.5) is 16.6 Å². The molecule has 1 fully saturated rings. The summed E-state index contributed by atoms with van der Waals surface area (Å²) in [5.41, 5.74) is 0.941. The summed E-state index contributed by atoms with van der Waals surface area (Å²) in [6.45, 7) is 7.06. The van der Waals surface area contributed by atoms with E-state index in [9.17, 15) is 4.79 Å². The molecule has 8 nitrogen and oxygen atoms in total. The molecule has 0 bridgehead atoms. The number of carbonyl (C=O) groups is 1. The Morgan fingerprint density at radius 3 is 2.41 bits per heavy atom. The summed E-state index contributed by atoms with van der Waals surface area (Å²) < 4.78 is 16.5. The van der Waals surface area contributed by atoms with Gasteiger partial charge in [-0.2, -0.15) is 4.98 Å². The Hall–Kier alpha value is -2.55. The van der Waals surface area contributed by atoms with Crippen LogP contribution in [-0.4, -0.2) is 43.4 Å². The second-order valence-electron chi connectivity index (χ2n) is 6.32. The lowest BCUT2D eigenvalue weighted by atomic mass is 10.1. The van der Waals surface area contributed by atoms with Crippen LogP contribution in [0.2, 0.25) is 0 Å². The van der Waals surface area contributed by atoms with E-state index in [-0.39, 0.29) is 6.04 Å². The number of hydrogen-bond acceptors (Lipinski definition) is 7. The molecule has 3 rings (SSSR count). The fourth-order valence-electron chi connectivity index (χ4n) is 2.59. The molecule has 2 heterocycles. The number of benzene rings is 1. The highest BCUT2D eigenvalue weighted by atomic mass is 79.9. The summed E-state index contributed by atoms with van der Waals surface area (Å²) in [6, 6.07) is 5.37. The van der Waals surface area contributed by atoms with Crippen LogP contribution in [0, 0.1) is 0 Å². The van der Waals surface area contributed by atoms with Crippen LogP contribution >= 0.6 is 15.9 Å². The van der Waals surface area contributed by atoms with Gasteiger partial charge in [-0.3, -0.25) is 4.90 Å². The highest BCUT2D eigenvalue weighted by Crippen LogP contribution is 2.37. The maximum Gasteiger partial charge on any atom is 0.415 e. The molecular formula is C20H27BrN4O4. The van der Waals surface area contributed by atoms with Crippen LogP contribution < -0.4 is 19.7 Å². The Morgan fingerprint density at radius 2 is 1.90 bits per heavy atom. The second-order valence-corrected chi connectivity index (χ2v) is 7.11. The molecule has 0 radical (unpaired) electrons. The minimum atomic E-state index is -0.398. The first-order valence-electron chi connectivity index (χ1n) is 9.40. The Balaban J connectivity index is 0.000000941. The van der Waals surface area contributed by atoms with Gasteiger partial charge in [0.15, 0.2) is 0 Å². The predicted molar refractivity (Wildman–Crippen MR) is 116 cm³/mol. The zero-order valence-corrected chi connectivity index (χ0v) is 18.9. The molecule has 0 spiro atoms. The summed E-state index contributed by atoms with van der Waals surface area (Å²) in [6.07, 6.45) is 2.45. The lowest BCUT2D eigenvalue weighted by Gasteiger charge is -2.18. The van der Waals surface area contributed by atoms with E-state index in [4.69, 9.17) is 14.2 Å². The van der Waals surface area contributed by atoms with Crippen LogP contribution in [0.5, 0.6) is 11.5 Å². The smallest absolute Gasteiger partial charge is 0.415 e. The molecule has 0 saturated carbocycles. The number of methoxy groups -OCH3 is 2. The van der Waals surface area contributed by atoms with E-state index in [0.29, 0.717) is 36.4 Å². The predicted octanol–water partition coefficient (Wildman–Crippen LogP) is 4.80. The monoisotopic (exact) mass is 466 g/mol. The van der Waals surface area contributed by atoms with Gasteiger partial charge < -0.3 is 19.5 Å². The number of aromatic nitrogens is 2. The van der Waals surface area contributed by atoms with Crippen molar-refractivity contribution in [3.8, 4) is 11.5 Å². The summed E-state index contributed by atoms with van der Waals surface area (Å²) in [5.74, 6) is 2.25. The Kier molecular flexibility index (Phi) is 8.50. The molecule has 2 aromatic rings. The van der Waals surface area contributed by atoms with Crippen LogP contribution in [0.3, 0.4) is 0 Å². The zero-order chi connectivity index (χ0) is 21.4. The minimum Gasteiger partial charge on any atom is -0.495 e. The van der Waals surface area contributed by atoms with E-state index in [1.165, 1.54) is 11.3 Å². The van der Waals surface area contributed by atoms with Crippen LogP contribution in [0.15, 0.2) is 28.9 Å². The van der Waals surface area contributed by atoms with Gasteiger partial charge in [0.1, 0.15) is 28.4 Å². The molecule has 0 aliphatic carbocycles. The highest BCUT2D eigenvalue weighted by Gasteiger charge is 2.25. The van der Waals surface area contributed by atoms with Crippen molar-refractivity contribution in [3.05, 3.63) is 34.4 Å². The third-order valence-electron chi connectivity index (χ3n) is 3.99. The maximum absolute atomic E-state index is 11.7. The van der Waals surface area contributed by atoms with Crippen molar-refractivity contribution >= 4 is 33.8 Å². The van der Waals surface area contributed by atoms with Crippen molar-refractivity contribution in [2.75, 3.05) is 37.6 Å². The number of ether oxygens (including phenoxy) is 3. The standard InChI is InChI=1S/C17H19BrN4O4.C3H8/c1-10(11-8-12(24-2)15(18)13(9-11)25-3)20-16-19-5-4-14(21-16)22-6-7-26-17(22)23;1-3-2/h4-5,8-10H,6-7H2,1-3H3,(H,19,20,21);3H2,1-2H3/t10-;/m0./s1. The van der Waals surface area contributed by atoms with E-state index in [1.807, 2.05) is 19.1 Å². The van der Waals surface area contributed by atoms with E-state index in [1.54, 1.807) is 26.5 Å². The number of cyclic esters (lactones) is 1. The number of halogens is 1. The molecule has 1 amide bonds. The molecule has 1 aromatic heterocycles. The van der Waals surface area contributed by atoms with Gasteiger partial charge in [-0.05, 0) is 46.6 Å². The normalized spacial score (nSPS) is 13.9. The molecule has 1 aliphatic heterocycles. The minimum absolute atomic E-state index is 0.119. The molecule has 1 atom stereocenters. The van der Waals surface area contributed by atoms with Crippen molar-refractivity contribution in [3.63, 3.8) is 0 Å². The fraction of sp³-hybridized carbons (Fsp3) is 0.450. The summed E-state index contributed by atoms with van der Waals surface area (Å²) in [5, 5.41) is 3.23. The molecule has 29 heavy (non-hydrogen) atoms. The Labute approximate surface area is 179 Å². The molecule has 1 saturated heterocycles. The SMILES string of the molecule is CCC.COc1cc([C@H](C)Nc2nccc(N3CCOC3=O)n2)cc(OC)c1Br. The summed E-state index contributed by atoms with van der Waals surface area (Å²) in [7, 11) is 3.20. The Bertz CT molecular complexity index is 809. The maximum atomic E-state index is 11.7. The van der Waals surface area contributed by atoms with Crippen molar-refractivity contribution in [2.45, 2.75) is 33.2 Å². The van der Waals surface area contributed by atoms with E-state index in [0.717, 1.165) is 10.0 Å². The number of hydrogen-bond donors (Lipinski definition) is 1. The summed E-state index contributed by atoms with van der Waals surface area (Å²) >= 11 is 3.46. The largest absolute Gasteiger partial charge is 0.495 e. The fourth-order valence-corrected chi connectivity index (χ4v) is 3.14. The van der Waals surface area contributed by atoms with Crippen LogP contribution in [0.1, 0.15) is 38.8 Å². The molecule has 1 aromatic carbocycles. The van der Waals surface area contributed by atoms with E-state index >= 15 is 0 Å². The van der Waals surface area contributed by atoms with E-state index < -0.39 is 6.09 Å². The molecule has 1 N–H and O–H groups in total. The first kappa shape index (κ1) is 22.7. The third-order valence-corrected chi connectivity index (χ3v) is 4.77. The highest BCUT2D eigenvalue weighted by molar-refractivity contribution is 9.10. The Morgan fingerprint density at radius 1 is 1.28 bits per heavy atom. The lowest BCUT2D eigenvalue weighted by molar-refractivity contribution is 0.181. The summed E-state index contributed by atoms with van der Waals surface area (Å²) in [4.78, 5) is 21.8. The van der Waals surface area contributed by atoms with Crippen molar-refractivity contribution in [1.29, 1.82) is 0 Å². The number of nitrogens with zero attached hydrogens (tertiary/aromatic N) is 3. The van der Waals surface area contributed by atoms with Crippen molar-refractivity contribution in [1.82, 2.24) is 9.97 Å². The van der Waals surface area contributed by atoms with Crippen LogP contribution in [-0.2, 0) is 4.74 Å². The van der Waals surface area contributed by atoms with Gasteiger partial charge in [-0.15, -0.1) is 0 Å². The topological polar surface area (TPSA) is 85.8 Å². The first-order valence-corrected chi connectivity index (χ1v) is 10.2. The number of carbonyl (C=O) groups excluding carboxylic acids is 1. The molecule has 1 aliphatic rings. The average molecular weight is 467 g/mol. The van der Waals surface area contributed by atoms with Crippen molar-refractivity contribution in [2.24, 2.45) is 0 Å². The van der Waals surface area contributed by atoms with Gasteiger partial charge in [-0.1, -0.05) is 20.3 Å². The second kappa shape index (κ2) is 10.8. The first-order chi connectivity index (χ1) is 13.9. The van der Waals surface area contributed by atoms with Gasteiger partial charge in [-0.25, -0.2) is 9.78 Å². The number of anilines is 2. The molecule has 158 valence electrons. The average Bonchev–Trinajstić information content (AvgIpc) is 3.15. The number of nitrogens with one attached hydrogen (secondary N) is 1. The van der Waals surface area contributed by atoms with Crippen LogP contribution in [0.25, 0.3) is 0 Å². The lowest BCUT2D eigenvalue weighted by Crippen LogP contribution is -2.25. The number of amides is 1. The molecule has 9 heteroatoms. The van der Waals surface area contributed by atoms with Gasteiger partial charge in [0.25, 0.3) is 0 Å². The van der Waals surface area contributed by atoms with E-state index in [2.05, 4.69) is 45.1 Å². The zero-order valence-electron chi connectivity index (χ0n) is 17.4.